The molecule has 0 spiro atoms. The van der Waals surface area contributed by atoms with Crippen molar-refractivity contribution in [1.82, 2.24) is 10.6 Å². The first-order valence-electron chi connectivity index (χ1n) is 7.63. The van der Waals surface area contributed by atoms with E-state index >= 15 is 0 Å². The van der Waals surface area contributed by atoms with Gasteiger partial charge in [-0.2, -0.15) is 0 Å². The summed E-state index contributed by atoms with van der Waals surface area (Å²) < 4.78 is 4.91. The number of hydrogen-bond acceptors (Lipinski definition) is 3. The first-order chi connectivity index (χ1) is 9.13. The maximum Gasteiger partial charge on any atom is 0.236 e. The quantitative estimate of drug-likeness (QED) is 0.663. The van der Waals surface area contributed by atoms with Crippen LogP contribution < -0.4 is 10.6 Å². The van der Waals surface area contributed by atoms with E-state index in [0.29, 0.717) is 13.2 Å². The van der Waals surface area contributed by atoms with Crippen molar-refractivity contribution in [2.45, 2.75) is 52.0 Å². The van der Waals surface area contributed by atoms with Crippen LogP contribution in [-0.4, -0.2) is 38.8 Å². The van der Waals surface area contributed by atoms with Crippen LogP contribution in [-0.2, 0) is 9.53 Å². The smallest absolute Gasteiger partial charge is 0.236 e. The van der Waals surface area contributed by atoms with E-state index in [1.54, 1.807) is 7.11 Å². The molecule has 0 bridgehead atoms. The van der Waals surface area contributed by atoms with Crippen molar-refractivity contribution in [2.24, 2.45) is 11.8 Å². The lowest BCUT2D eigenvalue weighted by molar-refractivity contribution is -0.122. The second kappa shape index (κ2) is 9.32. The third-order valence-corrected chi connectivity index (χ3v) is 4.14. The summed E-state index contributed by atoms with van der Waals surface area (Å²) >= 11 is 0. The number of methoxy groups -OCH3 is 1. The molecule has 1 rings (SSSR count). The van der Waals surface area contributed by atoms with Crippen molar-refractivity contribution in [3.05, 3.63) is 0 Å². The number of amides is 1. The lowest BCUT2D eigenvalue weighted by atomic mass is 9.81. The van der Waals surface area contributed by atoms with Gasteiger partial charge in [0, 0.05) is 13.7 Å². The highest BCUT2D eigenvalue weighted by molar-refractivity contribution is 5.81. The standard InChI is InChI=1S/C15H30N2O2/c1-12-4-6-14(7-5-12)8-9-16-13(2)15(18)17-10-11-19-3/h12-14,16H,4-11H2,1-3H3,(H,17,18). The van der Waals surface area contributed by atoms with Gasteiger partial charge in [0.1, 0.15) is 0 Å². The van der Waals surface area contributed by atoms with Crippen LogP contribution in [0.3, 0.4) is 0 Å². The molecule has 4 nitrogen and oxygen atoms in total. The van der Waals surface area contributed by atoms with Crippen molar-refractivity contribution < 1.29 is 9.53 Å². The summed E-state index contributed by atoms with van der Waals surface area (Å²) in [6.07, 6.45) is 6.66. The van der Waals surface area contributed by atoms with Crippen molar-refractivity contribution in [3.8, 4) is 0 Å². The predicted molar refractivity (Wildman–Crippen MR) is 78.1 cm³/mol. The molecule has 1 fully saturated rings. The Morgan fingerprint density at radius 3 is 2.58 bits per heavy atom. The molecule has 1 aliphatic carbocycles. The molecule has 1 aliphatic rings. The highest BCUT2D eigenvalue weighted by Gasteiger charge is 2.18. The molecule has 2 N–H and O–H groups in total. The second-order valence-electron chi connectivity index (χ2n) is 5.87. The van der Waals surface area contributed by atoms with Crippen LogP contribution in [0, 0.1) is 11.8 Å². The van der Waals surface area contributed by atoms with Crippen LogP contribution in [0.25, 0.3) is 0 Å². The van der Waals surface area contributed by atoms with Gasteiger partial charge >= 0.3 is 0 Å². The average molecular weight is 270 g/mol. The zero-order chi connectivity index (χ0) is 14.1. The van der Waals surface area contributed by atoms with E-state index in [1.165, 1.54) is 32.1 Å². The number of nitrogens with one attached hydrogen (secondary N) is 2. The summed E-state index contributed by atoms with van der Waals surface area (Å²) in [5.41, 5.74) is 0. The summed E-state index contributed by atoms with van der Waals surface area (Å²) in [5.74, 6) is 1.83. The van der Waals surface area contributed by atoms with E-state index < -0.39 is 0 Å². The van der Waals surface area contributed by atoms with Gasteiger partial charge in [-0.1, -0.05) is 32.6 Å². The second-order valence-corrected chi connectivity index (χ2v) is 5.87. The van der Waals surface area contributed by atoms with Crippen LogP contribution in [0.2, 0.25) is 0 Å². The summed E-state index contributed by atoms with van der Waals surface area (Å²) in [6.45, 7) is 6.37. The van der Waals surface area contributed by atoms with Gasteiger partial charge in [-0.05, 0) is 31.7 Å². The van der Waals surface area contributed by atoms with Crippen molar-refractivity contribution >= 4 is 5.91 Å². The molecular formula is C15H30N2O2. The summed E-state index contributed by atoms with van der Waals surface area (Å²) in [6, 6.07) is -0.112. The van der Waals surface area contributed by atoms with E-state index in [4.69, 9.17) is 4.74 Å². The Labute approximate surface area is 117 Å². The van der Waals surface area contributed by atoms with E-state index in [0.717, 1.165) is 18.4 Å². The first kappa shape index (κ1) is 16.4. The van der Waals surface area contributed by atoms with Gasteiger partial charge in [0.2, 0.25) is 5.91 Å². The Hall–Kier alpha value is -0.610. The molecule has 1 amide bonds. The molecule has 0 aromatic carbocycles. The molecule has 4 heteroatoms. The molecule has 112 valence electrons. The summed E-state index contributed by atoms with van der Waals surface area (Å²) in [7, 11) is 1.64. The molecule has 1 saturated carbocycles. The maximum absolute atomic E-state index is 11.7. The Balaban J connectivity index is 2.06. The number of carbonyl (C=O) groups is 1. The third-order valence-electron chi connectivity index (χ3n) is 4.14. The Morgan fingerprint density at radius 1 is 1.26 bits per heavy atom. The molecule has 0 aliphatic heterocycles. The minimum Gasteiger partial charge on any atom is -0.383 e. The number of rotatable bonds is 8. The molecule has 0 saturated heterocycles. The molecular weight excluding hydrogens is 240 g/mol. The van der Waals surface area contributed by atoms with Crippen molar-refractivity contribution in [2.75, 3.05) is 26.8 Å². The zero-order valence-corrected chi connectivity index (χ0v) is 12.7. The van der Waals surface area contributed by atoms with Crippen LogP contribution in [0.4, 0.5) is 0 Å². The normalized spacial score (nSPS) is 25.0. The highest BCUT2D eigenvalue weighted by Crippen LogP contribution is 2.29. The third kappa shape index (κ3) is 6.92. The fourth-order valence-electron chi connectivity index (χ4n) is 2.64. The van der Waals surface area contributed by atoms with Crippen LogP contribution in [0.5, 0.6) is 0 Å². The van der Waals surface area contributed by atoms with Gasteiger partial charge in [-0.15, -0.1) is 0 Å². The maximum atomic E-state index is 11.7. The minimum absolute atomic E-state index is 0.0642. The van der Waals surface area contributed by atoms with E-state index in [1.807, 2.05) is 6.92 Å². The molecule has 0 aromatic heterocycles. The predicted octanol–water partition coefficient (Wildman–Crippen LogP) is 1.94. The van der Waals surface area contributed by atoms with Gasteiger partial charge < -0.3 is 15.4 Å². The van der Waals surface area contributed by atoms with E-state index in [-0.39, 0.29) is 11.9 Å². The molecule has 1 atom stereocenters. The number of ether oxygens (including phenoxy) is 1. The lowest BCUT2D eigenvalue weighted by Crippen LogP contribution is -2.43. The van der Waals surface area contributed by atoms with Crippen LogP contribution in [0.15, 0.2) is 0 Å². The fourth-order valence-corrected chi connectivity index (χ4v) is 2.64. The molecule has 1 unspecified atom stereocenters. The fraction of sp³-hybridized carbons (Fsp3) is 0.933. The van der Waals surface area contributed by atoms with Gasteiger partial charge in [0.15, 0.2) is 0 Å². The van der Waals surface area contributed by atoms with E-state index in [2.05, 4.69) is 17.6 Å². The molecule has 0 heterocycles. The van der Waals surface area contributed by atoms with E-state index in [9.17, 15) is 4.79 Å². The van der Waals surface area contributed by atoms with Crippen molar-refractivity contribution in [1.29, 1.82) is 0 Å². The van der Waals surface area contributed by atoms with Crippen LogP contribution >= 0.6 is 0 Å². The lowest BCUT2D eigenvalue weighted by Gasteiger charge is -2.26. The summed E-state index contributed by atoms with van der Waals surface area (Å²) in [5, 5.41) is 6.17. The largest absolute Gasteiger partial charge is 0.383 e. The van der Waals surface area contributed by atoms with Gasteiger partial charge in [-0.3, -0.25) is 4.79 Å². The van der Waals surface area contributed by atoms with Gasteiger partial charge in [0.25, 0.3) is 0 Å². The SMILES string of the molecule is COCCNC(=O)C(C)NCCC1CCC(C)CC1. The average Bonchev–Trinajstić information content (AvgIpc) is 2.41. The van der Waals surface area contributed by atoms with Crippen molar-refractivity contribution in [3.63, 3.8) is 0 Å². The number of hydrogen-bond donors (Lipinski definition) is 2. The zero-order valence-electron chi connectivity index (χ0n) is 12.7. The van der Waals surface area contributed by atoms with Gasteiger partial charge in [0.05, 0.1) is 12.6 Å². The highest BCUT2D eigenvalue weighted by atomic mass is 16.5. The monoisotopic (exact) mass is 270 g/mol. The Morgan fingerprint density at radius 2 is 1.95 bits per heavy atom. The molecule has 0 aromatic rings. The topological polar surface area (TPSA) is 50.4 Å². The minimum atomic E-state index is -0.112. The first-order valence-corrected chi connectivity index (χ1v) is 7.63. The Bertz CT molecular complexity index is 251. The number of carbonyl (C=O) groups excluding carboxylic acids is 1. The molecule has 19 heavy (non-hydrogen) atoms. The van der Waals surface area contributed by atoms with Gasteiger partial charge in [-0.25, -0.2) is 0 Å². The van der Waals surface area contributed by atoms with Crippen LogP contribution in [0.1, 0.15) is 46.0 Å². The Kier molecular flexibility index (Phi) is 8.07. The molecule has 0 radical (unpaired) electrons. The summed E-state index contributed by atoms with van der Waals surface area (Å²) in [4.78, 5) is 11.7.